The van der Waals surface area contributed by atoms with Crippen molar-refractivity contribution >= 4 is 56.1 Å². The Labute approximate surface area is 246 Å². The third-order valence-electron chi connectivity index (χ3n) is 7.53. The fraction of sp³-hybridized carbons (Fsp3) is 0.379. The fourth-order valence-electron chi connectivity index (χ4n) is 5.38. The highest BCUT2D eigenvalue weighted by molar-refractivity contribution is 6.31. The highest BCUT2D eigenvalue weighted by atomic mass is 35.5. The summed E-state index contributed by atoms with van der Waals surface area (Å²) in [5.74, 6) is 0.990. The molecule has 42 heavy (non-hydrogen) atoms. The molecular weight excluding hydrogens is 562 g/mol. The van der Waals surface area contributed by atoms with E-state index in [1.165, 1.54) is 12.7 Å². The second-order valence-electron chi connectivity index (χ2n) is 10.2. The molecular formula is C29H32ClN7O5. The Morgan fingerprint density at radius 3 is 2.69 bits per heavy atom. The summed E-state index contributed by atoms with van der Waals surface area (Å²) in [5.41, 5.74) is 9.47. The number of nitrogens with two attached hydrogens (primary N) is 1. The van der Waals surface area contributed by atoms with Gasteiger partial charge in [0, 0.05) is 35.0 Å². The molecule has 220 valence electrons. The number of halogens is 1. The molecule has 0 spiro atoms. The molecule has 4 atom stereocenters. The maximum atomic E-state index is 10.8. The van der Waals surface area contributed by atoms with Crippen molar-refractivity contribution in [1.82, 2.24) is 24.5 Å². The third kappa shape index (κ3) is 5.39. The Balaban J connectivity index is 1.08. The summed E-state index contributed by atoms with van der Waals surface area (Å²) in [4.78, 5) is 17.3. The lowest BCUT2D eigenvalue weighted by Gasteiger charge is -2.22. The number of aliphatic hydroxyl groups is 2. The van der Waals surface area contributed by atoms with Gasteiger partial charge >= 0.3 is 0 Å². The van der Waals surface area contributed by atoms with Crippen molar-refractivity contribution in [3.05, 3.63) is 54.1 Å². The average molecular weight is 594 g/mol. The van der Waals surface area contributed by atoms with Crippen LogP contribution in [0.15, 0.2) is 49.1 Å². The molecule has 0 aliphatic carbocycles. The van der Waals surface area contributed by atoms with Gasteiger partial charge in [0.1, 0.15) is 35.9 Å². The third-order valence-corrected chi connectivity index (χ3v) is 7.77. The minimum Gasteiger partial charge on any atom is -0.497 e. The van der Waals surface area contributed by atoms with Crippen molar-refractivity contribution in [3.63, 3.8) is 0 Å². The zero-order chi connectivity index (χ0) is 29.2. The van der Waals surface area contributed by atoms with Gasteiger partial charge in [0.15, 0.2) is 17.7 Å². The molecule has 0 radical (unpaired) electrons. The van der Waals surface area contributed by atoms with Gasteiger partial charge in [0.25, 0.3) is 0 Å². The molecule has 1 aliphatic rings. The first-order valence-electron chi connectivity index (χ1n) is 13.8. The molecule has 12 nitrogen and oxygen atoms in total. The number of ether oxygens (including phenoxy) is 3. The van der Waals surface area contributed by atoms with Crippen molar-refractivity contribution in [2.45, 2.75) is 43.8 Å². The van der Waals surface area contributed by atoms with Crippen LogP contribution in [0.3, 0.4) is 0 Å². The van der Waals surface area contributed by atoms with E-state index in [0.29, 0.717) is 22.8 Å². The maximum Gasteiger partial charge on any atom is 0.167 e. The molecule has 13 heteroatoms. The van der Waals surface area contributed by atoms with Crippen LogP contribution >= 0.6 is 11.6 Å². The lowest BCUT2D eigenvalue weighted by atomic mass is 10.1. The number of aromatic nitrogens is 5. The van der Waals surface area contributed by atoms with E-state index in [2.05, 4.69) is 20.3 Å². The lowest BCUT2D eigenvalue weighted by molar-refractivity contribution is -0.0710. The summed E-state index contributed by atoms with van der Waals surface area (Å²) in [5, 5.41) is 26.8. The van der Waals surface area contributed by atoms with Gasteiger partial charge in [-0.25, -0.2) is 19.9 Å². The number of rotatable bonds is 11. The van der Waals surface area contributed by atoms with Gasteiger partial charge in [0.05, 0.1) is 36.8 Å². The SMILES string of the molecule is COc1ccc2c(NCCCCCOC3C(O)[C@@H](CO)O[C@H]3n3cnc4c(N)ncnc43)c3ccc(Cl)cc3nc2c1. The second kappa shape index (κ2) is 12.2. The molecule has 0 amide bonds. The van der Waals surface area contributed by atoms with Gasteiger partial charge in [-0.05, 0) is 49.6 Å². The molecule has 0 saturated carbocycles. The molecule has 2 aromatic carbocycles. The van der Waals surface area contributed by atoms with Crippen LogP contribution in [0.1, 0.15) is 25.5 Å². The smallest absolute Gasteiger partial charge is 0.167 e. The van der Waals surface area contributed by atoms with Crippen LogP contribution in [-0.4, -0.2) is 79.9 Å². The van der Waals surface area contributed by atoms with E-state index >= 15 is 0 Å². The Morgan fingerprint density at radius 2 is 1.88 bits per heavy atom. The summed E-state index contributed by atoms with van der Waals surface area (Å²) in [7, 11) is 1.64. The van der Waals surface area contributed by atoms with Gasteiger partial charge in [-0.2, -0.15) is 0 Å². The van der Waals surface area contributed by atoms with Crippen molar-refractivity contribution in [3.8, 4) is 5.75 Å². The molecule has 4 heterocycles. The van der Waals surface area contributed by atoms with Crippen LogP contribution in [0.25, 0.3) is 33.0 Å². The monoisotopic (exact) mass is 593 g/mol. The minimum atomic E-state index is -1.02. The average Bonchev–Trinajstić information content (AvgIpc) is 3.56. The topological polar surface area (TPSA) is 163 Å². The first-order valence-corrected chi connectivity index (χ1v) is 14.2. The Hall–Kier alpha value is -3.81. The predicted molar refractivity (Wildman–Crippen MR) is 160 cm³/mol. The first kappa shape index (κ1) is 28.3. The minimum absolute atomic E-state index is 0.248. The van der Waals surface area contributed by atoms with Crippen molar-refractivity contribution < 1.29 is 24.4 Å². The lowest BCUT2D eigenvalue weighted by Crippen LogP contribution is -2.35. The number of nitrogen functional groups attached to an aromatic ring is 1. The number of imidazole rings is 1. The van der Waals surface area contributed by atoms with E-state index in [1.54, 1.807) is 11.7 Å². The molecule has 5 aromatic rings. The molecule has 0 bridgehead atoms. The number of nitrogens with zero attached hydrogens (tertiary/aromatic N) is 5. The quantitative estimate of drug-likeness (QED) is 0.130. The number of benzene rings is 2. The van der Waals surface area contributed by atoms with E-state index in [0.717, 1.165) is 59.0 Å². The van der Waals surface area contributed by atoms with E-state index < -0.39 is 24.5 Å². The Bertz CT molecular complexity index is 1720. The summed E-state index contributed by atoms with van der Waals surface area (Å²) >= 11 is 6.25. The highest BCUT2D eigenvalue weighted by Gasteiger charge is 2.45. The largest absolute Gasteiger partial charge is 0.497 e. The predicted octanol–water partition coefficient (Wildman–Crippen LogP) is 3.69. The summed E-state index contributed by atoms with van der Waals surface area (Å²) < 4.78 is 19.1. The summed E-state index contributed by atoms with van der Waals surface area (Å²) in [6, 6.07) is 11.6. The standard InChI is InChI=1S/C29H32ClN7O5/c1-40-17-6-8-19-21(12-17)36-20-11-16(30)5-7-18(20)23(19)32-9-3-2-4-10-41-26-25(39)22(13-38)42-29(26)37-15-35-24-27(31)33-14-34-28(24)37/h5-8,11-12,14-15,22,25-26,29,38-39H,2-4,9-10,13H2,1H3,(H,32,36)(H2,31,33,34)/t22-,25?,26?,29-/m1/s1. The maximum absolute atomic E-state index is 10.8. The number of methoxy groups -OCH3 is 1. The van der Waals surface area contributed by atoms with Crippen LogP contribution in [0.5, 0.6) is 5.75 Å². The molecule has 3 aromatic heterocycles. The molecule has 5 N–H and O–H groups in total. The zero-order valence-electron chi connectivity index (χ0n) is 23.0. The van der Waals surface area contributed by atoms with Gasteiger partial charge in [-0.3, -0.25) is 4.57 Å². The molecule has 1 aliphatic heterocycles. The Kier molecular flexibility index (Phi) is 8.22. The van der Waals surface area contributed by atoms with Crippen LogP contribution in [0, 0.1) is 0 Å². The number of unbranched alkanes of at least 4 members (excludes halogenated alkanes) is 2. The van der Waals surface area contributed by atoms with Crippen LogP contribution < -0.4 is 15.8 Å². The summed E-state index contributed by atoms with van der Waals surface area (Å²) in [6.45, 7) is 0.808. The molecule has 1 saturated heterocycles. The van der Waals surface area contributed by atoms with Gasteiger partial charge in [-0.1, -0.05) is 11.6 Å². The van der Waals surface area contributed by atoms with E-state index in [1.807, 2.05) is 36.4 Å². The number of nitrogens with one attached hydrogen (secondary N) is 1. The van der Waals surface area contributed by atoms with E-state index in [-0.39, 0.29) is 12.4 Å². The molecule has 2 unspecified atom stereocenters. The molecule has 6 rings (SSSR count). The van der Waals surface area contributed by atoms with Crippen LogP contribution in [-0.2, 0) is 9.47 Å². The van der Waals surface area contributed by atoms with Crippen LogP contribution in [0.2, 0.25) is 5.02 Å². The summed E-state index contributed by atoms with van der Waals surface area (Å²) in [6.07, 6.45) is 2.19. The fourth-order valence-corrected chi connectivity index (χ4v) is 5.55. The van der Waals surface area contributed by atoms with E-state index in [4.69, 9.17) is 36.5 Å². The van der Waals surface area contributed by atoms with Crippen molar-refractivity contribution in [1.29, 1.82) is 0 Å². The number of pyridine rings is 1. The van der Waals surface area contributed by atoms with Gasteiger partial charge in [-0.15, -0.1) is 0 Å². The number of aliphatic hydroxyl groups excluding tert-OH is 2. The zero-order valence-corrected chi connectivity index (χ0v) is 23.7. The highest BCUT2D eigenvalue weighted by Crippen LogP contribution is 2.35. The number of hydrogen-bond acceptors (Lipinski definition) is 11. The van der Waals surface area contributed by atoms with Crippen LogP contribution in [0.4, 0.5) is 11.5 Å². The second-order valence-corrected chi connectivity index (χ2v) is 10.6. The van der Waals surface area contributed by atoms with Crippen molar-refractivity contribution in [2.24, 2.45) is 0 Å². The first-order chi connectivity index (χ1) is 20.5. The van der Waals surface area contributed by atoms with Gasteiger partial charge in [0.2, 0.25) is 0 Å². The number of anilines is 2. The van der Waals surface area contributed by atoms with Gasteiger partial charge < -0.3 is 35.5 Å². The number of fused-ring (bicyclic) bond motifs is 3. The van der Waals surface area contributed by atoms with E-state index in [9.17, 15) is 10.2 Å². The number of hydrogen-bond donors (Lipinski definition) is 4. The Morgan fingerprint density at radius 1 is 1.07 bits per heavy atom. The normalized spacial score (nSPS) is 20.6. The molecule has 1 fully saturated rings. The van der Waals surface area contributed by atoms with Crippen molar-refractivity contribution in [2.75, 3.05) is 37.9 Å².